The third-order valence-electron chi connectivity index (χ3n) is 5.85. The maximum atomic E-state index is 13.3. The Morgan fingerprint density at radius 3 is 2.82 bits per heavy atom. The van der Waals surface area contributed by atoms with Crippen molar-refractivity contribution >= 4 is 17.5 Å². The lowest BCUT2D eigenvalue weighted by atomic mass is 9.84. The average molecular weight is 458 g/mol. The number of halogens is 1. The molecule has 0 unspecified atom stereocenters. The van der Waals surface area contributed by atoms with Crippen molar-refractivity contribution in [1.82, 2.24) is 5.32 Å². The van der Waals surface area contributed by atoms with Crippen LogP contribution in [-0.4, -0.2) is 55.6 Å². The number of ether oxygens (including phenoxy) is 3. The van der Waals surface area contributed by atoms with E-state index in [9.17, 15) is 19.1 Å². The third-order valence-corrected chi connectivity index (χ3v) is 5.85. The number of carbonyl (C=O) groups is 2. The van der Waals surface area contributed by atoms with Gasteiger partial charge < -0.3 is 30.0 Å². The van der Waals surface area contributed by atoms with Gasteiger partial charge in [-0.1, -0.05) is 12.1 Å². The van der Waals surface area contributed by atoms with Crippen molar-refractivity contribution in [3.05, 3.63) is 59.4 Å². The first-order valence-electron chi connectivity index (χ1n) is 10.8. The predicted molar refractivity (Wildman–Crippen MR) is 117 cm³/mol. The van der Waals surface area contributed by atoms with Gasteiger partial charge in [0.25, 0.3) is 0 Å². The number of fused-ring (bicyclic) bond motifs is 3. The van der Waals surface area contributed by atoms with Gasteiger partial charge in [0.05, 0.1) is 19.1 Å². The fourth-order valence-electron chi connectivity index (χ4n) is 4.42. The van der Waals surface area contributed by atoms with E-state index in [1.807, 2.05) is 6.07 Å². The first-order valence-corrected chi connectivity index (χ1v) is 10.8. The van der Waals surface area contributed by atoms with Crippen LogP contribution in [0.15, 0.2) is 42.5 Å². The fourth-order valence-corrected chi connectivity index (χ4v) is 4.42. The van der Waals surface area contributed by atoms with Crippen LogP contribution in [0.4, 0.5) is 10.1 Å². The first-order chi connectivity index (χ1) is 16.0. The Morgan fingerprint density at radius 1 is 1.21 bits per heavy atom. The number of nitrogens with one attached hydrogen (secondary N) is 2. The summed E-state index contributed by atoms with van der Waals surface area (Å²) in [5.41, 5.74) is 2.20. The number of benzene rings is 2. The minimum absolute atomic E-state index is 0.0487. The molecular formula is C24H27FN2O6. The molecule has 2 aromatic carbocycles. The molecule has 176 valence electrons. The van der Waals surface area contributed by atoms with Crippen molar-refractivity contribution in [3.63, 3.8) is 0 Å². The molecule has 33 heavy (non-hydrogen) atoms. The summed E-state index contributed by atoms with van der Waals surface area (Å²) in [6.45, 7) is -0.0733. The Hall–Kier alpha value is -3.01. The van der Waals surface area contributed by atoms with E-state index >= 15 is 0 Å². The summed E-state index contributed by atoms with van der Waals surface area (Å²) < 4.78 is 30.2. The largest absolute Gasteiger partial charge is 0.487 e. The van der Waals surface area contributed by atoms with E-state index in [2.05, 4.69) is 10.6 Å². The number of carbonyl (C=O) groups excluding carboxylic acids is 2. The van der Waals surface area contributed by atoms with Crippen LogP contribution < -0.4 is 15.4 Å². The highest BCUT2D eigenvalue weighted by Crippen LogP contribution is 2.47. The smallest absolute Gasteiger partial charge is 0.250 e. The second kappa shape index (κ2) is 10.3. The monoisotopic (exact) mass is 458 g/mol. The molecule has 1 saturated heterocycles. The highest BCUT2D eigenvalue weighted by Gasteiger charge is 2.46. The van der Waals surface area contributed by atoms with E-state index in [0.29, 0.717) is 23.4 Å². The van der Waals surface area contributed by atoms with Gasteiger partial charge in [-0.05, 0) is 42.3 Å². The molecule has 0 saturated carbocycles. The van der Waals surface area contributed by atoms with Crippen molar-refractivity contribution in [3.8, 4) is 5.75 Å². The molecular weight excluding hydrogens is 431 g/mol. The minimum Gasteiger partial charge on any atom is -0.487 e. The van der Waals surface area contributed by atoms with Gasteiger partial charge in [0, 0.05) is 30.8 Å². The third kappa shape index (κ3) is 5.50. The molecule has 4 rings (SSSR count). The number of hydrogen-bond donors (Lipinski definition) is 3. The summed E-state index contributed by atoms with van der Waals surface area (Å²) >= 11 is 0. The summed E-state index contributed by atoms with van der Waals surface area (Å²) in [7, 11) is 1.45. The Balaban J connectivity index is 1.41. The minimum atomic E-state index is -0.580. The summed E-state index contributed by atoms with van der Waals surface area (Å²) in [5, 5.41) is 15.4. The number of rotatable bonds is 8. The van der Waals surface area contributed by atoms with E-state index < -0.39 is 12.2 Å². The quantitative estimate of drug-likeness (QED) is 0.560. The van der Waals surface area contributed by atoms with Crippen molar-refractivity contribution in [1.29, 1.82) is 0 Å². The molecule has 2 aliphatic heterocycles. The van der Waals surface area contributed by atoms with Crippen molar-refractivity contribution < 1.29 is 33.3 Å². The Kier molecular flexibility index (Phi) is 7.22. The van der Waals surface area contributed by atoms with Gasteiger partial charge in [0.1, 0.15) is 30.4 Å². The molecule has 0 spiro atoms. The number of aliphatic hydroxyl groups excluding tert-OH is 1. The molecule has 2 aromatic rings. The van der Waals surface area contributed by atoms with Gasteiger partial charge >= 0.3 is 0 Å². The zero-order chi connectivity index (χ0) is 23.4. The number of aliphatic hydroxyl groups is 1. The second-order valence-electron chi connectivity index (χ2n) is 8.25. The van der Waals surface area contributed by atoms with Crippen molar-refractivity contribution in [2.24, 2.45) is 0 Å². The van der Waals surface area contributed by atoms with Crippen LogP contribution in [0, 0.1) is 5.82 Å². The molecule has 0 aliphatic carbocycles. The highest BCUT2D eigenvalue weighted by molar-refractivity contribution is 5.92. The van der Waals surface area contributed by atoms with Crippen LogP contribution in [0.5, 0.6) is 5.75 Å². The summed E-state index contributed by atoms with van der Waals surface area (Å²) in [6, 6.07) is 11.4. The Morgan fingerprint density at radius 2 is 2.06 bits per heavy atom. The van der Waals surface area contributed by atoms with Crippen molar-refractivity contribution in [2.45, 2.75) is 43.6 Å². The van der Waals surface area contributed by atoms with Gasteiger partial charge in [-0.3, -0.25) is 9.59 Å². The van der Waals surface area contributed by atoms with E-state index in [1.165, 1.54) is 19.2 Å². The van der Waals surface area contributed by atoms with Crippen molar-refractivity contribution in [2.75, 3.05) is 25.6 Å². The van der Waals surface area contributed by atoms with Gasteiger partial charge in [-0.15, -0.1) is 0 Å². The topological polar surface area (TPSA) is 106 Å². The zero-order valence-corrected chi connectivity index (χ0v) is 18.3. The molecule has 2 amide bonds. The fraction of sp³-hybridized carbons (Fsp3) is 0.417. The van der Waals surface area contributed by atoms with E-state index in [1.54, 1.807) is 24.3 Å². The summed E-state index contributed by atoms with van der Waals surface area (Å²) in [4.78, 5) is 24.4. The molecule has 8 nitrogen and oxygen atoms in total. The van der Waals surface area contributed by atoms with Gasteiger partial charge in [0.15, 0.2) is 0 Å². The molecule has 2 aliphatic rings. The standard InChI is InChI=1S/C24H27FN2O6/c1-31-13-23(30)27-16-5-6-20-18(8-16)19-9-17(32-21(12-28)24(19)33-20)10-22(29)26-11-14-3-2-4-15(25)7-14/h2-8,17,19,21,24,28H,9-13H2,1H3,(H,26,29)(H,27,30)/t17-,19-,21+,24+/m1/s1. The zero-order valence-electron chi connectivity index (χ0n) is 18.3. The molecule has 0 bridgehead atoms. The predicted octanol–water partition coefficient (Wildman–Crippen LogP) is 2.11. The Bertz CT molecular complexity index is 1020. The number of methoxy groups -OCH3 is 1. The SMILES string of the molecule is COCC(=O)Nc1ccc2c(c1)[C@H]1C[C@H](CC(=O)NCc3cccc(F)c3)O[C@@H](CO)[C@H]1O2. The molecule has 9 heteroatoms. The van der Waals surface area contributed by atoms with E-state index in [-0.39, 0.29) is 55.8 Å². The number of amides is 2. The lowest BCUT2D eigenvalue weighted by Crippen LogP contribution is -2.47. The Labute approximate surface area is 191 Å². The lowest BCUT2D eigenvalue weighted by Gasteiger charge is -2.37. The number of hydrogen-bond acceptors (Lipinski definition) is 6. The maximum absolute atomic E-state index is 13.3. The molecule has 1 fully saturated rings. The summed E-state index contributed by atoms with van der Waals surface area (Å²) in [6.07, 6.45) is -0.742. The van der Waals surface area contributed by atoms with Crippen LogP contribution in [-0.2, 0) is 25.6 Å². The number of anilines is 1. The summed E-state index contributed by atoms with van der Waals surface area (Å²) in [5.74, 6) is -0.258. The first kappa shape index (κ1) is 23.2. The van der Waals surface area contributed by atoms with Gasteiger partial charge in [-0.2, -0.15) is 0 Å². The van der Waals surface area contributed by atoms with Gasteiger partial charge in [0.2, 0.25) is 11.8 Å². The van der Waals surface area contributed by atoms with Crippen LogP contribution in [0.1, 0.15) is 29.9 Å². The van der Waals surface area contributed by atoms with Crippen LogP contribution >= 0.6 is 0 Å². The average Bonchev–Trinajstić information content (AvgIpc) is 3.15. The van der Waals surface area contributed by atoms with Crippen LogP contribution in [0.25, 0.3) is 0 Å². The van der Waals surface area contributed by atoms with Gasteiger partial charge in [-0.25, -0.2) is 4.39 Å². The molecule has 2 heterocycles. The van der Waals surface area contributed by atoms with E-state index in [4.69, 9.17) is 14.2 Å². The highest BCUT2D eigenvalue weighted by atomic mass is 19.1. The second-order valence-corrected chi connectivity index (χ2v) is 8.25. The van der Waals surface area contributed by atoms with Crippen LogP contribution in [0.2, 0.25) is 0 Å². The van der Waals surface area contributed by atoms with E-state index in [0.717, 1.165) is 5.56 Å². The van der Waals surface area contributed by atoms with Crippen LogP contribution in [0.3, 0.4) is 0 Å². The molecule has 0 aromatic heterocycles. The maximum Gasteiger partial charge on any atom is 0.250 e. The molecule has 0 radical (unpaired) electrons. The molecule has 4 atom stereocenters. The normalized spacial score (nSPS) is 23.2. The lowest BCUT2D eigenvalue weighted by molar-refractivity contribution is -0.142. The molecule has 3 N–H and O–H groups in total.